The Morgan fingerprint density at radius 3 is 2.45 bits per heavy atom. The van der Waals surface area contributed by atoms with Gasteiger partial charge < -0.3 is 5.73 Å². The van der Waals surface area contributed by atoms with Crippen molar-refractivity contribution in [3.63, 3.8) is 0 Å². The summed E-state index contributed by atoms with van der Waals surface area (Å²) in [6, 6.07) is 12.2. The molecule has 0 bridgehead atoms. The highest BCUT2D eigenvalue weighted by Gasteiger charge is 2.14. The van der Waals surface area contributed by atoms with Gasteiger partial charge in [-0.05, 0) is 54.8 Å². The van der Waals surface area contributed by atoms with Crippen molar-refractivity contribution >= 4 is 15.7 Å². The second-order valence-corrected chi connectivity index (χ2v) is 6.44. The molecule has 0 radical (unpaired) electrons. The predicted molar refractivity (Wildman–Crippen MR) is 81.1 cm³/mol. The summed E-state index contributed by atoms with van der Waals surface area (Å²) in [6.45, 7) is 4.21. The van der Waals surface area contributed by atoms with Gasteiger partial charge in [0.2, 0.25) is 0 Å². The Labute approximate surface area is 119 Å². The minimum atomic E-state index is -3.57. The zero-order valence-electron chi connectivity index (χ0n) is 11.6. The van der Waals surface area contributed by atoms with Crippen molar-refractivity contribution in [1.29, 1.82) is 0 Å². The number of hydrogen-bond donors (Lipinski definition) is 2. The number of nitrogens with two attached hydrogens (primary N) is 1. The van der Waals surface area contributed by atoms with Crippen LogP contribution >= 0.6 is 0 Å². The number of benzene rings is 2. The summed E-state index contributed by atoms with van der Waals surface area (Å²) in [7, 11) is -3.57. The third kappa shape index (κ3) is 3.18. The van der Waals surface area contributed by atoms with Crippen molar-refractivity contribution in [3.8, 4) is 0 Å². The van der Waals surface area contributed by atoms with Gasteiger partial charge in [0.1, 0.15) is 0 Å². The van der Waals surface area contributed by atoms with E-state index in [9.17, 15) is 8.42 Å². The molecule has 0 aliphatic rings. The first-order chi connectivity index (χ1) is 9.42. The van der Waals surface area contributed by atoms with E-state index >= 15 is 0 Å². The van der Waals surface area contributed by atoms with E-state index in [1.54, 1.807) is 36.4 Å². The zero-order chi connectivity index (χ0) is 14.8. The average Bonchev–Trinajstić information content (AvgIpc) is 2.41. The summed E-state index contributed by atoms with van der Waals surface area (Å²) in [5.74, 6) is 0. The second kappa shape index (κ2) is 5.64. The van der Waals surface area contributed by atoms with Crippen LogP contribution in [-0.2, 0) is 16.6 Å². The SMILES string of the molecule is Cc1ccc(S(=O)(=O)Nc2cccc(CN)c2)cc1C. The molecule has 0 atom stereocenters. The molecule has 0 amide bonds. The average molecular weight is 290 g/mol. The molecule has 3 N–H and O–H groups in total. The molecule has 2 aromatic carbocycles. The third-order valence-electron chi connectivity index (χ3n) is 3.20. The molecule has 20 heavy (non-hydrogen) atoms. The van der Waals surface area contributed by atoms with Crippen molar-refractivity contribution < 1.29 is 8.42 Å². The van der Waals surface area contributed by atoms with Crippen LogP contribution in [0.15, 0.2) is 47.4 Å². The maximum Gasteiger partial charge on any atom is 0.261 e. The maximum absolute atomic E-state index is 12.3. The highest BCUT2D eigenvalue weighted by molar-refractivity contribution is 7.92. The summed E-state index contributed by atoms with van der Waals surface area (Å²) in [5.41, 5.74) is 8.96. The van der Waals surface area contributed by atoms with Crippen LogP contribution in [0.4, 0.5) is 5.69 Å². The van der Waals surface area contributed by atoms with Crippen LogP contribution < -0.4 is 10.5 Å². The van der Waals surface area contributed by atoms with Crippen LogP contribution in [-0.4, -0.2) is 8.42 Å². The molecule has 0 aliphatic carbocycles. The molecule has 0 heterocycles. The quantitative estimate of drug-likeness (QED) is 0.909. The van der Waals surface area contributed by atoms with Gasteiger partial charge in [-0.2, -0.15) is 0 Å². The van der Waals surface area contributed by atoms with Crippen molar-refractivity contribution in [1.82, 2.24) is 0 Å². The first kappa shape index (κ1) is 14.6. The van der Waals surface area contributed by atoms with Crippen LogP contribution in [0.3, 0.4) is 0 Å². The lowest BCUT2D eigenvalue weighted by atomic mass is 10.1. The van der Waals surface area contributed by atoms with Crippen molar-refractivity contribution in [2.75, 3.05) is 4.72 Å². The Kier molecular flexibility index (Phi) is 4.11. The number of hydrogen-bond acceptors (Lipinski definition) is 3. The fourth-order valence-corrected chi connectivity index (χ4v) is 2.99. The van der Waals surface area contributed by atoms with Gasteiger partial charge in [0.05, 0.1) is 4.90 Å². The molecule has 0 aliphatic heterocycles. The van der Waals surface area contributed by atoms with Gasteiger partial charge >= 0.3 is 0 Å². The number of nitrogens with one attached hydrogen (secondary N) is 1. The van der Waals surface area contributed by atoms with E-state index in [4.69, 9.17) is 5.73 Å². The minimum absolute atomic E-state index is 0.263. The predicted octanol–water partition coefficient (Wildman–Crippen LogP) is 2.56. The normalized spacial score (nSPS) is 11.3. The Bertz CT molecular complexity index is 724. The monoisotopic (exact) mass is 290 g/mol. The first-order valence-electron chi connectivity index (χ1n) is 6.31. The zero-order valence-corrected chi connectivity index (χ0v) is 12.4. The van der Waals surface area contributed by atoms with E-state index in [1.807, 2.05) is 19.9 Å². The minimum Gasteiger partial charge on any atom is -0.326 e. The Hall–Kier alpha value is -1.85. The van der Waals surface area contributed by atoms with Crippen LogP contribution in [0.1, 0.15) is 16.7 Å². The topological polar surface area (TPSA) is 72.2 Å². The Morgan fingerprint density at radius 1 is 1.05 bits per heavy atom. The van der Waals surface area contributed by atoms with Crippen LogP contribution in [0.5, 0.6) is 0 Å². The molecular formula is C15H18N2O2S. The lowest BCUT2D eigenvalue weighted by molar-refractivity contribution is 0.601. The van der Waals surface area contributed by atoms with E-state index in [-0.39, 0.29) is 4.90 Å². The summed E-state index contributed by atoms with van der Waals surface area (Å²) in [4.78, 5) is 0.263. The summed E-state index contributed by atoms with van der Waals surface area (Å²) >= 11 is 0. The smallest absolute Gasteiger partial charge is 0.261 e. The van der Waals surface area contributed by atoms with Crippen molar-refractivity contribution in [2.24, 2.45) is 5.73 Å². The van der Waals surface area contributed by atoms with Gasteiger partial charge in [-0.15, -0.1) is 0 Å². The van der Waals surface area contributed by atoms with Crippen molar-refractivity contribution in [3.05, 3.63) is 59.2 Å². The van der Waals surface area contributed by atoms with Gasteiger partial charge in [-0.1, -0.05) is 18.2 Å². The van der Waals surface area contributed by atoms with Gasteiger partial charge in [-0.3, -0.25) is 4.72 Å². The van der Waals surface area contributed by atoms with E-state index in [0.29, 0.717) is 12.2 Å². The molecule has 0 fully saturated rings. The van der Waals surface area contributed by atoms with Crippen LogP contribution in [0.2, 0.25) is 0 Å². The number of anilines is 1. The lowest BCUT2D eigenvalue weighted by Gasteiger charge is -2.10. The van der Waals surface area contributed by atoms with E-state index in [1.165, 1.54) is 0 Å². The Morgan fingerprint density at radius 2 is 1.80 bits per heavy atom. The molecule has 4 nitrogen and oxygen atoms in total. The fraction of sp³-hybridized carbons (Fsp3) is 0.200. The van der Waals surface area contributed by atoms with Crippen LogP contribution in [0, 0.1) is 13.8 Å². The molecule has 0 saturated carbocycles. The van der Waals surface area contributed by atoms with Gasteiger partial charge in [0.25, 0.3) is 10.0 Å². The number of aryl methyl sites for hydroxylation is 2. The number of rotatable bonds is 4. The second-order valence-electron chi connectivity index (χ2n) is 4.76. The number of sulfonamides is 1. The molecule has 2 aromatic rings. The largest absolute Gasteiger partial charge is 0.326 e. The maximum atomic E-state index is 12.3. The van der Waals surface area contributed by atoms with Crippen LogP contribution in [0.25, 0.3) is 0 Å². The lowest BCUT2D eigenvalue weighted by Crippen LogP contribution is -2.13. The molecule has 5 heteroatoms. The van der Waals surface area contributed by atoms with Gasteiger partial charge in [-0.25, -0.2) is 8.42 Å². The first-order valence-corrected chi connectivity index (χ1v) is 7.80. The standard InChI is InChI=1S/C15H18N2O2S/c1-11-6-7-15(8-12(11)2)20(18,19)17-14-5-3-4-13(9-14)10-16/h3-9,17H,10,16H2,1-2H3. The van der Waals surface area contributed by atoms with Gasteiger partial charge in [0.15, 0.2) is 0 Å². The molecule has 0 aromatic heterocycles. The van der Waals surface area contributed by atoms with E-state index in [2.05, 4.69) is 4.72 Å². The third-order valence-corrected chi connectivity index (χ3v) is 4.58. The highest BCUT2D eigenvalue weighted by Crippen LogP contribution is 2.19. The van der Waals surface area contributed by atoms with E-state index in [0.717, 1.165) is 16.7 Å². The molecular weight excluding hydrogens is 272 g/mol. The molecule has 106 valence electrons. The summed E-state index contributed by atoms with van der Waals surface area (Å²) in [5, 5.41) is 0. The fourth-order valence-electron chi connectivity index (χ4n) is 1.86. The summed E-state index contributed by atoms with van der Waals surface area (Å²) in [6.07, 6.45) is 0. The molecule has 0 unspecified atom stereocenters. The van der Waals surface area contributed by atoms with Gasteiger partial charge in [0, 0.05) is 12.2 Å². The Balaban J connectivity index is 2.32. The van der Waals surface area contributed by atoms with Crippen molar-refractivity contribution in [2.45, 2.75) is 25.3 Å². The molecule has 2 rings (SSSR count). The van der Waals surface area contributed by atoms with E-state index < -0.39 is 10.0 Å². The summed E-state index contributed by atoms with van der Waals surface area (Å²) < 4.78 is 27.2. The molecule has 0 spiro atoms. The molecule has 0 saturated heterocycles. The highest BCUT2D eigenvalue weighted by atomic mass is 32.2.